The molecule has 1 amide bonds. The third kappa shape index (κ3) is 5.05. The molecule has 3 rings (SSSR count). The number of ether oxygens (including phenoxy) is 1. The number of rotatable bonds is 7. The molecule has 1 aliphatic rings. The van der Waals surface area contributed by atoms with Crippen LogP contribution in [0.15, 0.2) is 53.7 Å². The van der Waals surface area contributed by atoms with Crippen molar-refractivity contribution >= 4 is 23.2 Å². The molecule has 2 aromatic rings. The number of methoxy groups -OCH3 is 1. The summed E-state index contributed by atoms with van der Waals surface area (Å²) in [5, 5.41) is 4.66. The first kappa shape index (κ1) is 19.3. The highest BCUT2D eigenvalue weighted by atomic mass is 35.5. The summed E-state index contributed by atoms with van der Waals surface area (Å²) in [7, 11) is 1.48. The van der Waals surface area contributed by atoms with E-state index in [-0.39, 0.29) is 24.4 Å². The smallest absolute Gasteiger partial charge is 0.248 e. The molecule has 0 fully saturated rings. The summed E-state index contributed by atoms with van der Waals surface area (Å²) in [4.78, 5) is 19.6. The first-order valence-electron chi connectivity index (χ1n) is 8.55. The molecule has 0 spiro atoms. The SMILES string of the molecule is COCC(=O)N(Cc1ccccc1Cl)C[C@@H]1CC(c2cccc(F)c2)=NO1. The minimum absolute atomic E-state index is 0.0330. The Kier molecular flexibility index (Phi) is 6.42. The van der Waals surface area contributed by atoms with Crippen molar-refractivity contribution in [2.24, 2.45) is 5.16 Å². The number of carbonyl (C=O) groups is 1. The van der Waals surface area contributed by atoms with Gasteiger partial charge in [0.1, 0.15) is 12.4 Å². The van der Waals surface area contributed by atoms with Crippen molar-refractivity contribution in [3.8, 4) is 0 Å². The molecule has 0 radical (unpaired) electrons. The van der Waals surface area contributed by atoms with Crippen molar-refractivity contribution < 1.29 is 18.8 Å². The van der Waals surface area contributed by atoms with Crippen LogP contribution in [0.25, 0.3) is 0 Å². The molecule has 142 valence electrons. The third-order valence-corrected chi connectivity index (χ3v) is 4.62. The van der Waals surface area contributed by atoms with E-state index in [2.05, 4.69) is 5.16 Å². The summed E-state index contributed by atoms with van der Waals surface area (Å²) < 4.78 is 18.4. The molecule has 0 saturated carbocycles. The second kappa shape index (κ2) is 8.97. The fourth-order valence-corrected chi connectivity index (χ4v) is 3.11. The van der Waals surface area contributed by atoms with Crippen LogP contribution in [-0.4, -0.2) is 42.9 Å². The Bertz CT molecular complexity index is 843. The van der Waals surface area contributed by atoms with Crippen molar-refractivity contribution in [3.63, 3.8) is 0 Å². The molecular formula is C20H20ClFN2O3. The quantitative estimate of drug-likeness (QED) is 0.725. The Hall–Kier alpha value is -2.44. The summed E-state index contributed by atoms with van der Waals surface area (Å²) in [6.07, 6.45) is 0.175. The van der Waals surface area contributed by atoms with Crippen molar-refractivity contribution in [3.05, 3.63) is 70.5 Å². The van der Waals surface area contributed by atoms with Gasteiger partial charge in [-0.15, -0.1) is 0 Å². The lowest BCUT2D eigenvalue weighted by molar-refractivity contribution is -0.137. The zero-order valence-electron chi connectivity index (χ0n) is 14.9. The van der Waals surface area contributed by atoms with Gasteiger partial charge in [-0.2, -0.15) is 0 Å². The maximum absolute atomic E-state index is 13.4. The van der Waals surface area contributed by atoms with Gasteiger partial charge in [-0.25, -0.2) is 4.39 Å². The lowest BCUT2D eigenvalue weighted by Crippen LogP contribution is -2.39. The Morgan fingerprint density at radius 3 is 2.89 bits per heavy atom. The Morgan fingerprint density at radius 1 is 1.33 bits per heavy atom. The van der Waals surface area contributed by atoms with Crippen LogP contribution in [0.2, 0.25) is 5.02 Å². The number of oxime groups is 1. The summed E-state index contributed by atoms with van der Waals surface area (Å²) in [6.45, 7) is 0.640. The van der Waals surface area contributed by atoms with Crippen molar-refractivity contribution in [1.82, 2.24) is 4.90 Å². The highest BCUT2D eigenvalue weighted by Crippen LogP contribution is 2.21. The predicted molar refractivity (Wildman–Crippen MR) is 101 cm³/mol. The van der Waals surface area contributed by atoms with Gasteiger partial charge in [0.15, 0.2) is 6.10 Å². The van der Waals surface area contributed by atoms with Gasteiger partial charge in [0.25, 0.3) is 0 Å². The number of amides is 1. The number of carbonyl (C=O) groups excluding carboxylic acids is 1. The largest absolute Gasteiger partial charge is 0.390 e. The highest BCUT2D eigenvalue weighted by molar-refractivity contribution is 6.31. The number of halogens is 2. The molecule has 1 aliphatic heterocycles. The van der Waals surface area contributed by atoms with Crippen LogP contribution in [0.1, 0.15) is 17.5 Å². The number of hydrogen-bond donors (Lipinski definition) is 0. The highest BCUT2D eigenvalue weighted by Gasteiger charge is 2.27. The van der Waals surface area contributed by atoms with Gasteiger partial charge in [-0.05, 0) is 23.8 Å². The van der Waals surface area contributed by atoms with Gasteiger partial charge in [0, 0.05) is 30.7 Å². The van der Waals surface area contributed by atoms with E-state index in [0.717, 1.165) is 5.56 Å². The molecule has 7 heteroatoms. The van der Waals surface area contributed by atoms with E-state index in [1.54, 1.807) is 23.1 Å². The topological polar surface area (TPSA) is 51.1 Å². The third-order valence-electron chi connectivity index (χ3n) is 4.25. The predicted octanol–water partition coefficient (Wildman–Crippen LogP) is 3.65. The van der Waals surface area contributed by atoms with E-state index < -0.39 is 0 Å². The van der Waals surface area contributed by atoms with E-state index in [1.165, 1.54) is 19.2 Å². The molecule has 2 aromatic carbocycles. The molecule has 27 heavy (non-hydrogen) atoms. The Morgan fingerprint density at radius 2 is 2.15 bits per heavy atom. The Balaban J connectivity index is 1.68. The van der Waals surface area contributed by atoms with Crippen molar-refractivity contribution in [2.75, 3.05) is 20.3 Å². The molecule has 0 bridgehead atoms. The molecule has 0 saturated heterocycles. The van der Waals surface area contributed by atoms with Crippen LogP contribution in [0.5, 0.6) is 0 Å². The van der Waals surface area contributed by atoms with Gasteiger partial charge in [-0.3, -0.25) is 4.79 Å². The van der Waals surface area contributed by atoms with Crippen LogP contribution in [0.4, 0.5) is 4.39 Å². The number of nitrogens with zero attached hydrogens (tertiary/aromatic N) is 2. The second-order valence-electron chi connectivity index (χ2n) is 6.28. The lowest BCUT2D eigenvalue weighted by atomic mass is 10.0. The average molecular weight is 391 g/mol. The number of hydrogen-bond acceptors (Lipinski definition) is 4. The van der Waals surface area contributed by atoms with Crippen LogP contribution >= 0.6 is 11.6 Å². The summed E-state index contributed by atoms with van der Waals surface area (Å²) in [5.41, 5.74) is 2.18. The van der Waals surface area contributed by atoms with E-state index in [1.807, 2.05) is 18.2 Å². The molecule has 5 nitrogen and oxygen atoms in total. The van der Waals surface area contributed by atoms with Crippen LogP contribution in [-0.2, 0) is 20.9 Å². The first-order chi connectivity index (χ1) is 13.1. The molecular weight excluding hydrogens is 371 g/mol. The van der Waals surface area contributed by atoms with Crippen LogP contribution in [0.3, 0.4) is 0 Å². The summed E-state index contributed by atoms with van der Waals surface area (Å²) in [6, 6.07) is 13.6. The molecule has 0 aromatic heterocycles. The first-order valence-corrected chi connectivity index (χ1v) is 8.93. The van der Waals surface area contributed by atoms with Gasteiger partial charge in [0.2, 0.25) is 5.91 Å². The van der Waals surface area contributed by atoms with Crippen molar-refractivity contribution in [1.29, 1.82) is 0 Å². The van der Waals surface area contributed by atoms with Crippen molar-refractivity contribution in [2.45, 2.75) is 19.1 Å². The van der Waals surface area contributed by atoms with Gasteiger partial charge < -0.3 is 14.5 Å². The van der Waals surface area contributed by atoms with E-state index in [0.29, 0.717) is 35.8 Å². The van der Waals surface area contributed by atoms with Gasteiger partial charge in [-0.1, -0.05) is 47.1 Å². The summed E-state index contributed by atoms with van der Waals surface area (Å²) >= 11 is 6.23. The fraction of sp³-hybridized carbons (Fsp3) is 0.300. The Labute approximate surface area is 162 Å². The molecule has 1 atom stereocenters. The second-order valence-corrected chi connectivity index (χ2v) is 6.69. The molecule has 0 N–H and O–H groups in total. The number of benzene rings is 2. The fourth-order valence-electron chi connectivity index (χ4n) is 2.91. The maximum Gasteiger partial charge on any atom is 0.248 e. The normalized spacial score (nSPS) is 16.0. The summed E-state index contributed by atoms with van der Waals surface area (Å²) in [5.74, 6) is -0.491. The molecule has 0 unspecified atom stereocenters. The molecule has 0 aliphatic carbocycles. The maximum atomic E-state index is 13.4. The van der Waals surface area contributed by atoms with Crippen LogP contribution < -0.4 is 0 Å². The average Bonchev–Trinajstić information content (AvgIpc) is 3.12. The molecule has 1 heterocycles. The standard InChI is InChI=1S/C20H20ClFN2O3/c1-26-13-20(25)24(11-15-5-2-3-8-18(15)21)12-17-10-19(23-27-17)14-6-4-7-16(22)9-14/h2-9,17H,10-13H2,1H3/t17-/m0/s1. The van der Waals surface area contributed by atoms with E-state index >= 15 is 0 Å². The van der Waals surface area contributed by atoms with Gasteiger partial charge >= 0.3 is 0 Å². The minimum Gasteiger partial charge on any atom is -0.390 e. The van der Waals surface area contributed by atoms with E-state index in [9.17, 15) is 9.18 Å². The monoisotopic (exact) mass is 390 g/mol. The lowest BCUT2D eigenvalue weighted by Gasteiger charge is -2.25. The van der Waals surface area contributed by atoms with E-state index in [4.69, 9.17) is 21.2 Å². The zero-order chi connectivity index (χ0) is 19.2. The minimum atomic E-state index is -0.325. The zero-order valence-corrected chi connectivity index (χ0v) is 15.7. The van der Waals surface area contributed by atoms with Gasteiger partial charge in [0.05, 0.1) is 12.3 Å². The van der Waals surface area contributed by atoms with Crippen LogP contribution in [0, 0.1) is 5.82 Å².